The van der Waals surface area contributed by atoms with E-state index in [4.69, 9.17) is 28.0 Å². The summed E-state index contributed by atoms with van der Waals surface area (Å²) in [4.78, 5) is 93.9. The van der Waals surface area contributed by atoms with E-state index in [9.17, 15) is 55.4 Å². The summed E-state index contributed by atoms with van der Waals surface area (Å²) in [5.41, 5.74) is 28.8. The van der Waals surface area contributed by atoms with Crippen LogP contribution in [0.25, 0.3) is 45.0 Å². The molecule has 564 valence electrons. The Labute approximate surface area is 610 Å². The molecule has 4 aliphatic carbocycles. The molecule has 4 saturated carbocycles. The van der Waals surface area contributed by atoms with Gasteiger partial charge in [-0.05, 0) is 158 Å². The van der Waals surface area contributed by atoms with Crippen molar-refractivity contribution in [2.75, 3.05) is 63.9 Å². The molecule has 106 heavy (non-hydrogen) atoms. The van der Waals surface area contributed by atoms with E-state index in [1.54, 1.807) is 43.0 Å². The first kappa shape index (κ1) is 81.1. The minimum absolute atomic E-state index is 0.104. The van der Waals surface area contributed by atoms with Gasteiger partial charge in [-0.25, -0.2) is 85.4 Å². The molecule has 4 aromatic heterocycles. The Morgan fingerprint density at radius 3 is 0.915 bits per heavy atom. The molecular weight excluding hydrogens is 1380 g/mol. The molecule has 4 aliphatic rings. The van der Waals surface area contributed by atoms with E-state index in [2.05, 4.69) is 79.8 Å². The number of aromatic carboxylic acids is 1. The summed E-state index contributed by atoms with van der Waals surface area (Å²) in [6, 6.07) is 16.0. The number of benzene rings is 4. The number of nitrogens with zero attached hydrogens (tertiary/aromatic N) is 9. The van der Waals surface area contributed by atoms with Crippen molar-refractivity contribution >= 4 is 52.9 Å². The van der Waals surface area contributed by atoms with Gasteiger partial charge >= 0.3 is 23.9 Å². The number of aromatic nitrogens is 8. The number of halogens is 6. The van der Waals surface area contributed by atoms with Crippen LogP contribution < -0.4 is 22.9 Å². The highest BCUT2D eigenvalue weighted by atomic mass is 19.2. The summed E-state index contributed by atoms with van der Waals surface area (Å²) in [7, 11) is 3.58. The van der Waals surface area contributed by atoms with Gasteiger partial charge in [0.1, 0.15) is 87.4 Å². The molecule has 0 bridgehead atoms. The summed E-state index contributed by atoms with van der Waals surface area (Å²) in [5.74, 6) is -5.02. The smallest absolute Gasteiger partial charge is 0.340 e. The average Bonchev–Trinajstić information content (AvgIpc) is 0.819. The molecule has 0 amide bonds. The monoisotopic (exact) mass is 1470 g/mol. The predicted molar refractivity (Wildman–Crippen MR) is 387 cm³/mol. The Morgan fingerprint density at radius 2 is 0.679 bits per heavy atom. The van der Waals surface area contributed by atoms with E-state index < -0.39 is 65.1 Å². The number of carboxylic acids is 1. The second kappa shape index (κ2) is 38.5. The van der Waals surface area contributed by atoms with Crippen molar-refractivity contribution in [1.29, 1.82) is 0 Å². The van der Waals surface area contributed by atoms with Gasteiger partial charge in [0.15, 0.2) is 0 Å². The highest BCUT2D eigenvalue weighted by Gasteiger charge is 2.29. The number of carbonyl (C=O) groups is 5. The largest absolute Gasteiger partial charge is 0.478 e. The molecule has 0 atom stereocenters. The maximum atomic E-state index is 14.2. The maximum absolute atomic E-state index is 14.2. The Morgan fingerprint density at radius 1 is 0.425 bits per heavy atom. The van der Waals surface area contributed by atoms with Crippen molar-refractivity contribution < 1.29 is 74.7 Å². The first-order valence-electron chi connectivity index (χ1n) is 35.2. The van der Waals surface area contributed by atoms with Gasteiger partial charge in [0, 0.05) is 58.8 Å². The third kappa shape index (κ3) is 21.3. The van der Waals surface area contributed by atoms with Crippen LogP contribution in [-0.4, -0.2) is 144 Å². The number of hydrogen-bond donors (Lipinski definition) is 6. The molecule has 0 radical (unpaired) electrons. The van der Waals surface area contributed by atoms with Gasteiger partial charge in [-0.2, -0.15) is 0 Å². The number of rotatable bonds is 15. The van der Waals surface area contributed by atoms with Crippen LogP contribution in [0.15, 0.2) is 97.6 Å². The second-order valence-corrected chi connectivity index (χ2v) is 26.0. The Bertz CT molecular complexity index is 4230. The number of nitrogen functional groups attached to an aromatic ring is 4. The molecule has 8 aromatic rings. The van der Waals surface area contributed by atoms with Crippen molar-refractivity contribution in [3.05, 3.63) is 166 Å². The highest BCUT2D eigenvalue weighted by molar-refractivity contribution is 5.92. The van der Waals surface area contributed by atoms with Gasteiger partial charge in [0.25, 0.3) is 0 Å². The summed E-state index contributed by atoms with van der Waals surface area (Å²) in [6.07, 6.45) is 15.1. The minimum atomic E-state index is -1.34. The van der Waals surface area contributed by atoms with E-state index in [1.807, 2.05) is 0 Å². The third-order valence-corrected chi connectivity index (χ3v) is 19.3. The summed E-state index contributed by atoms with van der Waals surface area (Å²) < 4.78 is 96.7. The fourth-order valence-corrected chi connectivity index (χ4v) is 12.9. The van der Waals surface area contributed by atoms with Crippen molar-refractivity contribution in [3.8, 4) is 45.0 Å². The molecule has 0 aliphatic heterocycles. The number of aliphatic hydroxyl groups is 1. The third-order valence-electron chi connectivity index (χ3n) is 19.3. The first-order chi connectivity index (χ1) is 50.8. The van der Waals surface area contributed by atoms with Crippen LogP contribution in [0.4, 0.5) is 49.6 Å². The van der Waals surface area contributed by atoms with Gasteiger partial charge in [-0.15, -0.1) is 0 Å². The number of hydrogen-bond acceptors (Lipinski definition) is 22. The molecule has 10 N–H and O–H groups in total. The SMILES string of the molecule is CCN(CC)CC.COC(=O)c1ccc(-c2nc(C3CCC(=O)CC3)cnc2N)cc1F.COC(=O)c1ccc(-c2nc(C3CCC(F)CC3)cnc2N)cc1F.COC(=O)c1ccc(-c2nc(C3CCC(O)CC3)cnc2N)cc1F.Nc1ncc(C2CCC(F)CC2)nc1-c1ccc(C(=O)O)c(F)c1. The molecule has 12 rings (SSSR count). The number of alkyl halides is 2. The summed E-state index contributed by atoms with van der Waals surface area (Å²) in [5, 5.41) is 18.5. The highest BCUT2D eigenvalue weighted by Crippen LogP contribution is 2.39. The number of esters is 3. The lowest BCUT2D eigenvalue weighted by atomic mass is 9.85. The number of carbonyl (C=O) groups excluding carboxylic acids is 4. The van der Waals surface area contributed by atoms with Crippen LogP contribution in [0, 0.1) is 23.3 Å². The number of nitrogens with two attached hydrogens (primary N) is 4. The first-order valence-corrected chi connectivity index (χ1v) is 35.2. The Kier molecular flexibility index (Phi) is 29.4. The van der Waals surface area contributed by atoms with E-state index in [0.29, 0.717) is 115 Å². The molecular formula is C77H89F6N13O10. The zero-order valence-corrected chi connectivity index (χ0v) is 60.0. The summed E-state index contributed by atoms with van der Waals surface area (Å²) >= 11 is 0. The second-order valence-electron chi connectivity index (χ2n) is 26.0. The molecule has 0 spiro atoms. The van der Waals surface area contributed by atoms with E-state index in [-0.39, 0.29) is 75.5 Å². The minimum Gasteiger partial charge on any atom is -0.478 e. The molecule has 23 nitrogen and oxygen atoms in total. The van der Waals surface area contributed by atoms with Crippen LogP contribution in [0.3, 0.4) is 0 Å². The molecule has 0 unspecified atom stereocenters. The normalized spacial score (nSPS) is 18.5. The fourth-order valence-electron chi connectivity index (χ4n) is 12.9. The lowest BCUT2D eigenvalue weighted by molar-refractivity contribution is -0.120. The van der Waals surface area contributed by atoms with E-state index >= 15 is 0 Å². The van der Waals surface area contributed by atoms with Crippen molar-refractivity contribution in [2.45, 2.75) is 166 Å². The predicted octanol–water partition coefficient (Wildman–Crippen LogP) is 14.1. The van der Waals surface area contributed by atoms with Crippen LogP contribution in [0.1, 0.15) is 211 Å². The molecule has 4 fully saturated rings. The van der Waals surface area contributed by atoms with Crippen molar-refractivity contribution in [1.82, 2.24) is 44.8 Å². The zero-order valence-electron chi connectivity index (χ0n) is 60.0. The Balaban J connectivity index is 0.000000173. The number of ketones is 1. The van der Waals surface area contributed by atoms with Crippen molar-refractivity contribution in [3.63, 3.8) is 0 Å². The Hall–Kier alpha value is -10.6. The van der Waals surface area contributed by atoms with E-state index in [1.165, 1.54) is 89.5 Å². The fraction of sp³-hybridized carbons (Fsp3) is 0.416. The van der Waals surface area contributed by atoms with E-state index in [0.717, 1.165) is 61.7 Å². The molecule has 29 heteroatoms. The zero-order chi connectivity index (χ0) is 76.9. The number of aliphatic hydroxyl groups excluding tert-OH is 1. The van der Waals surface area contributed by atoms with Gasteiger partial charge in [0.05, 0.1) is 97.3 Å². The molecule has 0 saturated heterocycles. The molecule has 4 heterocycles. The standard InChI is InChI=1S/C18H19F2N3O2.C18H20FN3O3.C18H18FN3O3.C17H17F2N3O2.C6H15N/c1-25-18(24)13-7-4-11(8-14(13)20)16-17(21)22-9-15(23-16)10-2-5-12(19)6-3-10;2*1-25-18(24)13-7-4-11(8-14(13)19)16-17(20)21-9-15(22-16)10-2-5-12(23)6-3-10;18-11-4-1-9(2-5-11)14-8-21-16(20)15(22-14)10-3-6-12(17(23)24)13(19)7-10;1-4-7(5-2)6-3/h4,7-10,12H,2-3,5-6H2,1H3,(H2,21,22);4,7-10,12,23H,2-3,5-6H2,1H3,(H2,20,21);4,7-10H,2-3,5-6H2,1H3,(H2,20,21);3,6-9,11H,1-2,4-5H2,(H2,20,21)(H,23,24);4-6H2,1-3H3. The maximum Gasteiger partial charge on any atom is 0.340 e. The van der Waals surface area contributed by atoms with Gasteiger partial charge < -0.3 is 52.3 Å². The van der Waals surface area contributed by atoms with Gasteiger partial charge in [-0.3, -0.25) is 4.79 Å². The topological polar surface area (TPSA) is 364 Å². The van der Waals surface area contributed by atoms with Crippen LogP contribution in [0.5, 0.6) is 0 Å². The van der Waals surface area contributed by atoms with Gasteiger partial charge in [-0.1, -0.05) is 45.0 Å². The van der Waals surface area contributed by atoms with Crippen LogP contribution in [-0.2, 0) is 19.0 Å². The number of methoxy groups -OCH3 is 3. The van der Waals surface area contributed by atoms with Crippen molar-refractivity contribution in [2.24, 2.45) is 0 Å². The lowest BCUT2D eigenvalue weighted by Gasteiger charge is -2.25. The summed E-state index contributed by atoms with van der Waals surface area (Å²) in [6.45, 7) is 10.1. The number of ether oxygens (including phenoxy) is 3. The van der Waals surface area contributed by atoms with Gasteiger partial charge in [0.2, 0.25) is 0 Å². The number of carboxylic acid groups (broad SMARTS) is 1. The average molecular weight is 1470 g/mol. The number of Topliss-reactive ketones (excluding diaryl/α,β-unsaturated/α-hetero) is 1. The number of anilines is 4. The van der Waals surface area contributed by atoms with Crippen LogP contribution in [0.2, 0.25) is 0 Å². The quantitative estimate of drug-likeness (QED) is 0.0315. The lowest BCUT2D eigenvalue weighted by Crippen LogP contribution is -2.21. The van der Waals surface area contributed by atoms with Crippen LogP contribution >= 0.6 is 0 Å². The molecule has 4 aromatic carbocycles.